The number of H-pyrrole nitrogens is 1. The number of aliphatic carboxylic acids is 1. The third kappa shape index (κ3) is 1.98. The first-order valence-electron chi connectivity index (χ1n) is 5.07. The highest BCUT2D eigenvalue weighted by atomic mass is 16.4. The van der Waals surface area contributed by atoms with Gasteiger partial charge in [0.1, 0.15) is 0 Å². The molecule has 84 valence electrons. The number of carbonyl (C=O) groups is 1. The summed E-state index contributed by atoms with van der Waals surface area (Å²) in [6.45, 7) is 1.97. The molecular weight excluding hydrogens is 206 g/mol. The van der Waals surface area contributed by atoms with Crippen molar-refractivity contribution in [3.8, 4) is 5.95 Å². The minimum absolute atomic E-state index is 0.129. The maximum Gasteiger partial charge on any atom is 0.303 e. The maximum absolute atomic E-state index is 10.5. The molecule has 0 fully saturated rings. The Kier molecular flexibility index (Phi) is 2.76. The molecule has 0 saturated carbocycles. The summed E-state index contributed by atoms with van der Waals surface area (Å²) in [6, 6.07) is 3.89. The number of aromatic amines is 1. The van der Waals surface area contributed by atoms with Crippen LogP contribution >= 0.6 is 0 Å². The van der Waals surface area contributed by atoms with E-state index in [0.29, 0.717) is 6.42 Å². The van der Waals surface area contributed by atoms with Gasteiger partial charge in [0.05, 0.1) is 6.42 Å². The molecule has 16 heavy (non-hydrogen) atoms. The summed E-state index contributed by atoms with van der Waals surface area (Å²) in [5.41, 5.74) is 1.99. The minimum atomic E-state index is -0.787. The van der Waals surface area contributed by atoms with Crippen molar-refractivity contribution in [1.82, 2.24) is 14.5 Å². The number of rotatable bonds is 4. The lowest BCUT2D eigenvalue weighted by molar-refractivity contribution is -0.136. The molecule has 0 spiro atoms. The Balaban J connectivity index is 2.29. The van der Waals surface area contributed by atoms with Crippen LogP contribution in [0.25, 0.3) is 5.95 Å². The van der Waals surface area contributed by atoms with E-state index in [1.54, 1.807) is 12.4 Å². The lowest BCUT2D eigenvalue weighted by atomic mass is 10.2. The number of nitrogens with one attached hydrogen (secondary N) is 1. The van der Waals surface area contributed by atoms with Crippen LogP contribution in [-0.2, 0) is 11.2 Å². The quantitative estimate of drug-likeness (QED) is 0.819. The maximum atomic E-state index is 10.5. The largest absolute Gasteiger partial charge is 0.481 e. The van der Waals surface area contributed by atoms with Crippen molar-refractivity contribution in [2.45, 2.75) is 19.8 Å². The molecule has 5 nitrogen and oxygen atoms in total. The van der Waals surface area contributed by atoms with Crippen LogP contribution in [0.5, 0.6) is 0 Å². The fourth-order valence-electron chi connectivity index (χ4n) is 1.70. The smallest absolute Gasteiger partial charge is 0.303 e. The van der Waals surface area contributed by atoms with E-state index in [1.807, 2.05) is 23.6 Å². The van der Waals surface area contributed by atoms with Crippen molar-refractivity contribution < 1.29 is 9.90 Å². The van der Waals surface area contributed by atoms with Gasteiger partial charge in [-0.1, -0.05) is 0 Å². The number of carboxylic acid groups (broad SMARTS) is 1. The molecule has 2 rings (SSSR count). The van der Waals surface area contributed by atoms with Crippen LogP contribution in [0.3, 0.4) is 0 Å². The van der Waals surface area contributed by atoms with Crippen LogP contribution < -0.4 is 0 Å². The molecule has 0 unspecified atom stereocenters. The van der Waals surface area contributed by atoms with Gasteiger partial charge in [-0.25, -0.2) is 4.98 Å². The number of hydrogen-bond acceptors (Lipinski definition) is 2. The minimum Gasteiger partial charge on any atom is -0.481 e. The van der Waals surface area contributed by atoms with Gasteiger partial charge in [0, 0.05) is 23.8 Å². The van der Waals surface area contributed by atoms with Crippen LogP contribution in [-0.4, -0.2) is 25.6 Å². The second-order valence-corrected chi connectivity index (χ2v) is 3.61. The fourth-order valence-corrected chi connectivity index (χ4v) is 1.70. The molecule has 0 atom stereocenters. The predicted octanol–water partition coefficient (Wildman–Crippen LogP) is 1.53. The number of carboxylic acids is 1. The first-order valence-corrected chi connectivity index (χ1v) is 5.07. The van der Waals surface area contributed by atoms with Crippen molar-refractivity contribution in [3.63, 3.8) is 0 Å². The zero-order chi connectivity index (χ0) is 11.5. The van der Waals surface area contributed by atoms with Crippen LogP contribution in [0.15, 0.2) is 24.5 Å². The van der Waals surface area contributed by atoms with Crippen molar-refractivity contribution in [2.75, 3.05) is 0 Å². The number of hydrogen-bond donors (Lipinski definition) is 2. The lowest BCUT2D eigenvalue weighted by Gasteiger charge is -2.07. The highest BCUT2D eigenvalue weighted by Crippen LogP contribution is 2.14. The van der Waals surface area contributed by atoms with Gasteiger partial charge >= 0.3 is 5.97 Å². The van der Waals surface area contributed by atoms with E-state index in [1.165, 1.54) is 0 Å². The van der Waals surface area contributed by atoms with Crippen LogP contribution in [0.2, 0.25) is 0 Å². The number of aryl methyl sites for hydroxylation is 2. The Labute approximate surface area is 92.8 Å². The van der Waals surface area contributed by atoms with Crippen LogP contribution in [0, 0.1) is 6.92 Å². The van der Waals surface area contributed by atoms with E-state index in [9.17, 15) is 4.79 Å². The second-order valence-electron chi connectivity index (χ2n) is 3.61. The molecule has 5 heteroatoms. The topological polar surface area (TPSA) is 70.9 Å². The van der Waals surface area contributed by atoms with Gasteiger partial charge in [-0.15, -0.1) is 0 Å². The van der Waals surface area contributed by atoms with E-state index in [0.717, 1.165) is 17.3 Å². The van der Waals surface area contributed by atoms with Crippen LogP contribution in [0.1, 0.15) is 17.8 Å². The SMILES string of the molecule is Cc1ccc(CCC(=O)O)n1-c1ncc[nH]1. The molecule has 0 radical (unpaired) electrons. The summed E-state index contributed by atoms with van der Waals surface area (Å²) < 4.78 is 1.93. The highest BCUT2D eigenvalue weighted by molar-refractivity contribution is 5.67. The van der Waals surface area contributed by atoms with Crippen molar-refractivity contribution in [3.05, 3.63) is 35.9 Å². The number of nitrogens with zero attached hydrogens (tertiary/aromatic N) is 2. The summed E-state index contributed by atoms with van der Waals surface area (Å²) in [5, 5.41) is 8.67. The average molecular weight is 219 g/mol. The molecule has 0 saturated heterocycles. The molecule has 0 amide bonds. The van der Waals surface area contributed by atoms with E-state index in [2.05, 4.69) is 9.97 Å². The van der Waals surface area contributed by atoms with Gasteiger partial charge in [-0.2, -0.15) is 0 Å². The van der Waals surface area contributed by atoms with Gasteiger partial charge in [-0.3, -0.25) is 9.36 Å². The first-order chi connectivity index (χ1) is 7.68. The summed E-state index contributed by atoms with van der Waals surface area (Å²) >= 11 is 0. The third-order valence-electron chi connectivity index (χ3n) is 2.45. The first kappa shape index (κ1) is 10.5. The van der Waals surface area contributed by atoms with Crippen molar-refractivity contribution >= 4 is 5.97 Å². The molecule has 2 heterocycles. The zero-order valence-corrected chi connectivity index (χ0v) is 8.97. The van der Waals surface area contributed by atoms with Gasteiger partial charge in [0.25, 0.3) is 0 Å². The molecule has 0 aliphatic heterocycles. The van der Waals surface area contributed by atoms with Crippen molar-refractivity contribution in [1.29, 1.82) is 0 Å². The average Bonchev–Trinajstić information content (AvgIpc) is 2.83. The summed E-state index contributed by atoms with van der Waals surface area (Å²) in [5.74, 6) is -0.0623. The molecule has 0 aliphatic rings. The third-order valence-corrected chi connectivity index (χ3v) is 2.45. The van der Waals surface area contributed by atoms with Crippen molar-refractivity contribution in [2.24, 2.45) is 0 Å². The van der Waals surface area contributed by atoms with E-state index >= 15 is 0 Å². The Bertz CT molecular complexity index is 485. The molecule has 2 aromatic rings. The number of aromatic nitrogens is 3. The van der Waals surface area contributed by atoms with Gasteiger partial charge in [0.15, 0.2) is 0 Å². The lowest BCUT2D eigenvalue weighted by Crippen LogP contribution is -2.06. The Morgan fingerprint density at radius 1 is 1.56 bits per heavy atom. The van der Waals surface area contributed by atoms with Gasteiger partial charge in [0.2, 0.25) is 5.95 Å². The summed E-state index contributed by atoms with van der Waals surface area (Å²) in [6.07, 6.45) is 4.06. The molecule has 0 aromatic carbocycles. The monoisotopic (exact) mass is 219 g/mol. The predicted molar refractivity (Wildman–Crippen MR) is 58.6 cm³/mol. The van der Waals surface area contributed by atoms with Gasteiger partial charge < -0.3 is 10.1 Å². The fraction of sp³-hybridized carbons (Fsp3) is 0.273. The van der Waals surface area contributed by atoms with E-state index in [-0.39, 0.29) is 6.42 Å². The second kappa shape index (κ2) is 4.22. The van der Waals surface area contributed by atoms with Gasteiger partial charge in [-0.05, 0) is 25.5 Å². The normalized spacial score (nSPS) is 10.6. The van der Waals surface area contributed by atoms with Crippen LogP contribution in [0.4, 0.5) is 0 Å². The summed E-state index contributed by atoms with van der Waals surface area (Å²) in [7, 11) is 0. The zero-order valence-electron chi connectivity index (χ0n) is 8.97. The Morgan fingerprint density at radius 2 is 2.38 bits per heavy atom. The molecule has 2 aromatic heterocycles. The number of imidazole rings is 1. The van der Waals surface area contributed by atoms with E-state index < -0.39 is 5.97 Å². The van der Waals surface area contributed by atoms with E-state index in [4.69, 9.17) is 5.11 Å². The Morgan fingerprint density at radius 3 is 3.00 bits per heavy atom. The highest BCUT2D eigenvalue weighted by Gasteiger charge is 2.10. The molecular formula is C11H13N3O2. The Hall–Kier alpha value is -2.04. The molecule has 0 bridgehead atoms. The molecule has 2 N–H and O–H groups in total. The summed E-state index contributed by atoms with van der Waals surface area (Å²) in [4.78, 5) is 17.7. The standard InChI is InChI=1S/C11H13N3O2/c1-8-2-3-9(4-5-10(15)16)14(8)11-12-6-7-13-11/h2-3,6-7H,4-5H2,1H3,(H,12,13)(H,15,16). The molecule has 0 aliphatic carbocycles.